The van der Waals surface area contributed by atoms with E-state index in [1.165, 1.54) is 11.7 Å². The Hall–Kier alpha value is -1.91. The van der Waals surface area contributed by atoms with Gasteiger partial charge in [0.2, 0.25) is 0 Å². The second kappa shape index (κ2) is 3.92. The maximum Gasteiger partial charge on any atom is 0.351 e. The van der Waals surface area contributed by atoms with Crippen molar-refractivity contribution in [2.24, 2.45) is 7.05 Å². The summed E-state index contributed by atoms with van der Waals surface area (Å²) in [7, 11) is 1.46. The fourth-order valence-corrected chi connectivity index (χ4v) is 1.63. The van der Waals surface area contributed by atoms with Crippen LogP contribution in [0.2, 0.25) is 0 Å². The highest BCUT2D eigenvalue weighted by atomic mass is 16.2. The van der Waals surface area contributed by atoms with E-state index < -0.39 is 5.69 Å². The second-order valence-electron chi connectivity index (χ2n) is 3.75. The molecule has 0 saturated carbocycles. The molecule has 1 aliphatic carbocycles. The van der Waals surface area contributed by atoms with Crippen molar-refractivity contribution in [3.8, 4) is 0 Å². The maximum atomic E-state index is 11.8. The lowest BCUT2D eigenvalue weighted by molar-refractivity contribution is 0.647. The monoisotopic (exact) mass is 219 g/mol. The Morgan fingerprint density at radius 2 is 2.06 bits per heavy atom. The van der Waals surface area contributed by atoms with Crippen LogP contribution in [0.3, 0.4) is 0 Å². The summed E-state index contributed by atoms with van der Waals surface area (Å²) in [5.74, 6) is 0. The fraction of sp³-hybridized carbons (Fsp3) is 0.364. The molecule has 0 bridgehead atoms. The number of hydrogen-bond donors (Lipinski definition) is 0. The molecule has 0 aromatic carbocycles. The molecule has 0 saturated heterocycles. The van der Waals surface area contributed by atoms with Crippen LogP contribution in [0.15, 0.2) is 27.8 Å². The van der Waals surface area contributed by atoms with Gasteiger partial charge in [-0.1, -0.05) is 12.2 Å². The number of allylic oxidation sites excluding steroid dienone is 4. The molecule has 1 heterocycles. The van der Waals surface area contributed by atoms with E-state index in [1.807, 2.05) is 18.2 Å². The predicted octanol–water partition coefficient (Wildman–Crippen LogP) is 0.441. The smallest absolute Gasteiger partial charge is 0.267 e. The average molecular weight is 219 g/mol. The van der Waals surface area contributed by atoms with Crippen molar-refractivity contribution < 1.29 is 0 Å². The van der Waals surface area contributed by atoms with Gasteiger partial charge in [-0.2, -0.15) is 9.78 Å². The summed E-state index contributed by atoms with van der Waals surface area (Å²) >= 11 is 0. The van der Waals surface area contributed by atoms with E-state index in [-0.39, 0.29) is 5.56 Å². The Morgan fingerprint density at radius 1 is 1.31 bits per heavy atom. The van der Waals surface area contributed by atoms with Crippen LogP contribution in [0.1, 0.15) is 18.5 Å². The van der Waals surface area contributed by atoms with Gasteiger partial charge in [0, 0.05) is 7.05 Å². The molecule has 0 radical (unpaired) electrons. The van der Waals surface area contributed by atoms with Crippen molar-refractivity contribution in [2.45, 2.75) is 19.8 Å². The van der Waals surface area contributed by atoms with Crippen LogP contribution in [0, 0.1) is 6.92 Å². The van der Waals surface area contributed by atoms with E-state index in [0.29, 0.717) is 5.69 Å². The Balaban J connectivity index is 2.67. The number of rotatable bonds is 1. The van der Waals surface area contributed by atoms with Crippen LogP contribution < -0.4 is 11.2 Å². The highest BCUT2D eigenvalue weighted by molar-refractivity contribution is 5.56. The van der Waals surface area contributed by atoms with Gasteiger partial charge in [-0.3, -0.25) is 9.36 Å². The summed E-state index contributed by atoms with van der Waals surface area (Å²) in [6.07, 6.45) is 7.65. The third-order valence-corrected chi connectivity index (χ3v) is 2.55. The summed E-state index contributed by atoms with van der Waals surface area (Å²) in [4.78, 5) is 23.3. The topological polar surface area (TPSA) is 56.9 Å². The van der Waals surface area contributed by atoms with Crippen molar-refractivity contribution in [1.82, 2.24) is 14.3 Å². The first-order valence-corrected chi connectivity index (χ1v) is 5.15. The molecule has 0 aliphatic heterocycles. The average Bonchev–Trinajstić information content (AvgIpc) is 2.32. The molecule has 84 valence electrons. The summed E-state index contributed by atoms with van der Waals surface area (Å²) in [5, 5.41) is 4.01. The van der Waals surface area contributed by atoms with Gasteiger partial charge in [0.25, 0.3) is 5.56 Å². The molecule has 16 heavy (non-hydrogen) atoms. The van der Waals surface area contributed by atoms with E-state index in [4.69, 9.17) is 0 Å². The Labute approximate surface area is 92.3 Å². The van der Waals surface area contributed by atoms with Gasteiger partial charge in [0.15, 0.2) is 0 Å². The van der Waals surface area contributed by atoms with E-state index in [1.54, 1.807) is 6.92 Å². The molecule has 0 atom stereocenters. The van der Waals surface area contributed by atoms with Crippen molar-refractivity contribution in [1.29, 1.82) is 0 Å². The van der Waals surface area contributed by atoms with Crippen molar-refractivity contribution in [2.75, 3.05) is 0 Å². The molecule has 0 unspecified atom stereocenters. The largest absolute Gasteiger partial charge is 0.351 e. The molecule has 5 heteroatoms. The number of hydrogen-bond acceptors (Lipinski definition) is 3. The minimum Gasteiger partial charge on any atom is -0.267 e. The van der Waals surface area contributed by atoms with Gasteiger partial charge in [-0.25, -0.2) is 4.79 Å². The summed E-state index contributed by atoms with van der Waals surface area (Å²) in [6, 6.07) is 0. The molecular weight excluding hydrogens is 206 g/mol. The first-order chi connectivity index (χ1) is 7.61. The van der Waals surface area contributed by atoms with E-state index in [2.05, 4.69) is 5.10 Å². The van der Waals surface area contributed by atoms with Crippen LogP contribution in [0.5, 0.6) is 0 Å². The van der Waals surface area contributed by atoms with Crippen LogP contribution in [0.25, 0.3) is 5.70 Å². The third-order valence-electron chi connectivity index (χ3n) is 2.55. The summed E-state index contributed by atoms with van der Waals surface area (Å²) in [6.45, 7) is 1.60. The Bertz CT molecular complexity index is 590. The van der Waals surface area contributed by atoms with Crippen LogP contribution >= 0.6 is 0 Å². The molecule has 0 fully saturated rings. The standard InChI is InChI=1S/C11H13N3O2/c1-8-10(15)13(2)11(16)14(12-8)9-6-4-3-5-7-9/h4,6-7H,3,5H2,1-2H3. The minimum atomic E-state index is -0.409. The lowest BCUT2D eigenvalue weighted by Crippen LogP contribution is -2.40. The maximum absolute atomic E-state index is 11.8. The molecule has 5 nitrogen and oxygen atoms in total. The van der Waals surface area contributed by atoms with E-state index >= 15 is 0 Å². The Kier molecular flexibility index (Phi) is 2.60. The second-order valence-corrected chi connectivity index (χ2v) is 3.75. The zero-order valence-electron chi connectivity index (χ0n) is 9.30. The molecule has 1 aromatic heterocycles. The minimum absolute atomic E-state index is 0.321. The molecule has 0 amide bonds. The zero-order chi connectivity index (χ0) is 11.7. The molecule has 1 aromatic rings. The Morgan fingerprint density at radius 3 is 2.69 bits per heavy atom. The zero-order valence-corrected chi connectivity index (χ0v) is 9.30. The molecule has 2 rings (SSSR count). The fourth-order valence-electron chi connectivity index (χ4n) is 1.63. The van der Waals surface area contributed by atoms with Gasteiger partial charge in [0.05, 0.1) is 5.70 Å². The van der Waals surface area contributed by atoms with Crippen LogP contribution in [0.4, 0.5) is 0 Å². The summed E-state index contributed by atoms with van der Waals surface area (Å²) < 4.78 is 2.35. The van der Waals surface area contributed by atoms with Crippen molar-refractivity contribution >= 4 is 5.70 Å². The SMILES string of the molecule is Cc1nn(C2=CCCC=C2)c(=O)n(C)c1=O. The van der Waals surface area contributed by atoms with E-state index in [0.717, 1.165) is 23.1 Å². The quantitative estimate of drug-likeness (QED) is 0.688. The highest BCUT2D eigenvalue weighted by Crippen LogP contribution is 2.11. The summed E-state index contributed by atoms with van der Waals surface area (Å²) in [5.41, 5.74) is 0.298. The number of aromatic nitrogens is 3. The van der Waals surface area contributed by atoms with Gasteiger partial charge < -0.3 is 0 Å². The van der Waals surface area contributed by atoms with Crippen LogP contribution in [-0.2, 0) is 7.05 Å². The van der Waals surface area contributed by atoms with Crippen LogP contribution in [-0.4, -0.2) is 14.3 Å². The lowest BCUT2D eigenvalue weighted by atomic mass is 10.1. The molecule has 1 aliphatic rings. The van der Waals surface area contributed by atoms with E-state index in [9.17, 15) is 9.59 Å². The number of aryl methyl sites for hydroxylation is 1. The first-order valence-electron chi connectivity index (χ1n) is 5.15. The van der Waals surface area contributed by atoms with Gasteiger partial charge in [-0.15, -0.1) is 0 Å². The number of nitrogens with zero attached hydrogens (tertiary/aromatic N) is 3. The lowest BCUT2D eigenvalue weighted by Gasteiger charge is -2.10. The van der Waals surface area contributed by atoms with Gasteiger partial charge in [-0.05, 0) is 25.8 Å². The van der Waals surface area contributed by atoms with Crippen molar-refractivity contribution in [3.63, 3.8) is 0 Å². The molecular formula is C11H13N3O2. The molecule has 0 N–H and O–H groups in total. The van der Waals surface area contributed by atoms with Crippen molar-refractivity contribution in [3.05, 3.63) is 44.8 Å². The third kappa shape index (κ3) is 1.64. The van der Waals surface area contributed by atoms with Gasteiger partial charge in [0.1, 0.15) is 5.69 Å². The molecule has 0 spiro atoms. The highest BCUT2D eigenvalue weighted by Gasteiger charge is 2.09. The normalized spacial score (nSPS) is 15.0. The first kappa shape index (κ1) is 10.6. The predicted molar refractivity (Wildman–Crippen MR) is 61.1 cm³/mol. The van der Waals surface area contributed by atoms with Gasteiger partial charge >= 0.3 is 5.69 Å².